The average molecular weight is 308 g/mol. The molecule has 21 heavy (non-hydrogen) atoms. The lowest BCUT2D eigenvalue weighted by atomic mass is 10.1. The molecule has 0 saturated carbocycles. The van der Waals surface area contributed by atoms with E-state index < -0.39 is 11.7 Å². The van der Waals surface area contributed by atoms with Crippen LogP contribution in [-0.2, 0) is 11.9 Å². The molecule has 2 nitrogen and oxygen atoms in total. The van der Waals surface area contributed by atoms with Crippen LogP contribution in [0.15, 0.2) is 60.0 Å². The Labute approximate surface area is 123 Å². The van der Waals surface area contributed by atoms with Gasteiger partial charge in [-0.05, 0) is 23.8 Å². The first-order valence-corrected chi connectivity index (χ1v) is 7.23. The summed E-state index contributed by atoms with van der Waals surface area (Å²) in [4.78, 5) is 4.29. The molecule has 0 aliphatic heterocycles. The first-order valence-electron chi connectivity index (χ1n) is 6.25. The highest BCUT2D eigenvalue weighted by Gasteiger charge is 2.30. The Balaban J connectivity index is 1.79. The highest BCUT2D eigenvalue weighted by molar-refractivity contribution is 7.98. The number of rotatable bonds is 3. The number of imidazole rings is 1. The summed E-state index contributed by atoms with van der Waals surface area (Å²) < 4.78 is 39.9. The van der Waals surface area contributed by atoms with Gasteiger partial charge < -0.3 is 0 Å². The van der Waals surface area contributed by atoms with Gasteiger partial charge in [0.2, 0.25) is 0 Å². The monoisotopic (exact) mass is 308 g/mol. The maximum atomic E-state index is 12.7. The van der Waals surface area contributed by atoms with Crippen molar-refractivity contribution in [2.24, 2.45) is 0 Å². The first-order chi connectivity index (χ1) is 10.0. The van der Waals surface area contributed by atoms with Crippen molar-refractivity contribution < 1.29 is 13.2 Å². The molecule has 0 amide bonds. The molecule has 2 heterocycles. The van der Waals surface area contributed by atoms with Crippen molar-refractivity contribution in [3.8, 4) is 0 Å². The summed E-state index contributed by atoms with van der Waals surface area (Å²) in [6, 6.07) is 11.1. The molecule has 3 aromatic rings. The van der Waals surface area contributed by atoms with Crippen LogP contribution in [0.1, 0.15) is 11.1 Å². The molecule has 3 rings (SSSR count). The Bertz CT molecular complexity index is 765. The maximum Gasteiger partial charge on any atom is 0.416 e. The lowest BCUT2D eigenvalue weighted by Gasteiger charge is -2.08. The summed E-state index contributed by atoms with van der Waals surface area (Å²) in [5, 5.41) is 0.767. The number of benzene rings is 1. The van der Waals surface area contributed by atoms with Crippen molar-refractivity contribution in [3.05, 3.63) is 66.0 Å². The van der Waals surface area contributed by atoms with Gasteiger partial charge in [-0.2, -0.15) is 13.2 Å². The Morgan fingerprint density at radius 3 is 2.76 bits per heavy atom. The van der Waals surface area contributed by atoms with E-state index in [0.717, 1.165) is 16.7 Å². The largest absolute Gasteiger partial charge is 0.416 e. The van der Waals surface area contributed by atoms with E-state index in [1.54, 1.807) is 12.3 Å². The molecule has 108 valence electrons. The van der Waals surface area contributed by atoms with Crippen LogP contribution >= 0.6 is 11.8 Å². The topological polar surface area (TPSA) is 17.3 Å². The summed E-state index contributed by atoms with van der Waals surface area (Å²) in [6.07, 6.45) is -0.675. The Hall–Kier alpha value is -1.95. The van der Waals surface area contributed by atoms with E-state index in [0.29, 0.717) is 11.3 Å². The molecular formula is C15H11F3N2S. The van der Waals surface area contributed by atoms with Gasteiger partial charge in [-0.15, -0.1) is 0 Å². The molecule has 0 bridgehead atoms. The lowest BCUT2D eigenvalue weighted by Crippen LogP contribution is -2.04. The maximum absolute atomic E-state index is 12.7. The van der Waals surface area contributed by atoms with Crippen LogP contribution in [0.5, 0.6) is 0 Å². The van der Waals surface area contributed by atoms with Gasteiger partial charge in [-0.1, -0.05) is 36.0 Å². The molecule has 0 aliphatic carbocycles. The first kappa shape index (κ1) is 14.0. The molecule has 0 unspecified atom stereocenters. The predicted molar refractivity (Wildman–Crippen MR) is 76.2 cm³/mol. The molecule has 1 aromatic carbocycles. The lowest BCUT2D eigenvalue weighted by molar-refractivity contribution is -0.137. The van der Waals surface area contributed by atoms with Crippen LogP contribution in [-0.4, -0.2) is 9.38 Å². The molecule has 0 fully saturated rings. The third kappa shape index (κ3) is 3.05. The highest BCUT2D eigenvalue weighted by Crippen LogP contribution is 2.31. The van der Waals surface area contributed by atoms with Gasteiger partial charge in [0, 0.05) is 11.9 Å². The fourth-order valence-electron chi connectivity index (χ4n) is 2.01. The van der Waals surface area contributed by atoms with E-state index in [9.17, 15) is 13.2 Å². The van der Waals surface area contributed by atoms with Gasteiger partial charge in [-0.25, -0.2) is 4.98 Å². The second-order valence-corrected chi connectivity index (χ2v) is 5.47. The number of thioether (sulfide) groups is 1. The van der Waals surface area contributed by atoms with E-state index >= 15 is 0 Å². The summed E-state index contributed by atoms with van der Waals surface area (Å²) in [5.74, 6) is 0.442. The minimum Gasteiger partial charge on any atom is -0.295 e. The number of hydrogen-bond donors (Lipinski definition) is 0. The van der Waals surface area contributed by atoms with Gasteiger partial charge in [0.05, 0.1) is 17.3 Å². The van der Waals surface area contributed by atoms with Crippen LogP contribution in [0.25, 0.3) is 5.52 Å². The van der Waals surface area contributed by atoms with Crippen molar-refractivity contribution in [1.29, 1.82) is 0 Å². The normalized spacial score (nSPS) is 12.0. The Kier molecular flexibility index (Phi) is 3.63. The molecule has 0 saturated heterocycles. The van der Waals surface area contributed by atoms with E-state index in [1.807, 2.05) is 28.8 Å². The summed E-state index contributed by atoms with van der Waals surface area (Å²) >= 11 is 1.41. The standard InChI is InChI=1S/C15H11F3N2S/c16-15(17,18)12-5-3-4-11(8-12)10-21-14-19-9-13-6-1-2-7-20(13)14/h1-9H,10H2. The molecule has 0 atom stereocenters. The van der Waals surface area contributed by atoms with Crippen molar-refractivity contribution in [2.75, 3.05) is 0 Å². The van der Waals surface area contributed by atoms with Crippen LogP contribution in [0, 0.1) is 0 Å². The third-order valence-corrected chi connectivity index (χ3v) is 4.06. The zero-order valence-corrected chi connectivity index (χ0v) is 11.7. The fraction of sp³-hybridized carbons (Fsp3) is 0.133. The second kappa shape index (κ2) is 5.44. The number of pyridine rings is 1. The Morgan fingerprint density at radius 1 is 1.10 bits per heavy atom. The van der Waals surface area contributed by atoms with Crippen LogP contribution in [0.2, 0.25) is 0 Å². The number of aromatic nitrogens is 2. The van der Waals surface area contributed by atoms with Crippen molar-refractivity contribution in [1.82, 2.24) is 9.38 Å². The summed E-state index contributed by atoms with van der Waals surface area (Å²) in [5.41, 5.74) is 0.972. The molecular weight excluding hydrogens is 297 g/mol. The molecule has 0 radical (unpaired) electrons. The summed E-state index contributed by atoms with van der Waals surface area (Å²) in [6.45, 7) is 0. The number of halogens is 3. The van der Waals surface area contributed by atoms with Gasteiger partial charge in [0.15, 0.2) is 5.16 Å². The molecule has 2 aromatic heterocycles. The third-order valence-electron chi connectivity index (χ3n) is 3.03. The van der Waals surface area contributed by atoms with Crippen molar-refractivity contribution in [3.63, 3.8) is 0 Å². The Morgan fingerprint density at radius 2 is 1.95 bits per heavy atom. The minimum atomic E-state index is -4.30. The van der Waals surface area contributed by atoms with E-state index in [2.05, 4.69) is 4.98 Å². The van der Waals surface area contributed by atoms with Crippen molar-refractivity contribution in [2.45, 2.75) is 17.1 Å². The number of nitrogens with zero attached hydrogens (tertiary/aromatic N) is 2. The highest BCUT2D eigenvalue weighted by atomic mass is 32.2. The zero-order valence-electron chi connectivity index (χ0n) is 10.8. The van der Waals surface area contributed by atoms with E-state index in [-0.39, 0.29) is 0 Å². The number of fused-ring (bicyclic) bond motifs is 1. The smallest absolute Gasteiger partial charge is 0.295 e. The SMILES string of the molecule is FC(F)(F)c1cccc(CSc2ncc3ccccn23)c1. The molecule has 0 aliphatic rings. The molecule has 6 heteroatoms. The number of alkyl halides is 3. The number of hydrogen-bond acceptors (Lipinski definition) is 2. The zero-order chi connectivity index (χ0) is 14.9. The summed E-state index contributed by atoms with van der Waals surface area (Å²) in [7, 11) is 0. The van der Waals surface area contributed by atoms with Gasteiger partial charge in [0.25, 0.3) is 0 Å². The molecule has 0 N–H and O–H groups in total. The van der Waals surface area contributed by atoms with E-state index in [1.165, 1.54) is 23.9 Å². The fourth-order valence-corrected chi connectivity index (χ4v) is 2.92. The van der Waals surface area contributed by atoms with Crippen LogP contribution < -0.4 is 0 Å². The second-order valence-electron chi connectivity index (χ2n) is 4.52. The van der Waals surface area contributed by atoms with Crippen LogP contribution in [0.4, 0.5) is 13.2 Å². The minimum absolute atomic E-state index is 0.442. The quantitative estimate of drug-likeness (QED) is 0.655. The van der Waals surface area contributed by atoms with Crippen LogP contribution in [0.3, 0.4) is 0 Å². The van der Waals surface area contributed by atoms with Gasteiger partial charge in [0.1, 0.15) is 0 Å². The molecule has 0 spiro atoms. The van der Waals surface area contributed by atoms with Gasteiger partial charge >= 0.3 is 6.18 Å². The van der Waals surface area contributed by atoms with Crippen molar-refractivity contribution >= 4 is 17.3 Å². The van der Waals surface area contributed by atoms with Gasteiger partial charge in [-0.3, -0.25) is 4.40 Å². The average Bonchev–Trinajstić information content (AvgIpc) is 2.88. The predicted octanol–water partition coefficient (Wildman–Crippen LogP) is 4.65. The van der Waals surface area contributed by atoms with E-state index in [4.69, 9.17) is 0 Å².